The third kappa shape index (κ3) is 3.22. The summed E-state index contributed by atoms with van der Waals surface area (Å²) in [6.45, 7) is 9.83. The van der Waals surface area contributed by atoms with Crippen molar-refractivity contribution in [2.45, 2.75) is 46.1 Å². The number of pyridine rings is 1. The van der Waals surface area contributed by atoms with Crippen molar-refractivity contribution in [1.82, 2.24) is 10.3 Å². The zero-order valence-corrected chi connectivity index (χ0v) is 11.9. The minimum Gasteiger partial charge on any atom is -0.370 e. The SMILES string of the molecule is CCCNC1CCN(c2ccc(C)nc2C)CC1. The number of aryl methyl sites for hydroxylation is 2. The Morgan fingerprint density at radius 3 is 2.61 bits per heavy atom. The molecule has 1 N–H and O–H groups in total. The maximum Gasteiger partial charge on any atom is 0.0608 e. The highest BCUT2D eigenvalue weighted by atomic mass is 15.2. The van der Waals surface area contributed by atoms with Gasteiger partial charge in [0.15, 0.2) is 0 Å². The first kappa shape index (κ1) is 13.3. The topological polar surface area (TPSA) is 28.2 Å². The lowest BCUT2D eigenvalue weighted by molar-refractivity contribution is 0.415. The van der Waals surface area contributed by atoms with Gasteiger partial charge in [-0.3, -0.25) is 4.98 Å². The summed E-state index contributed by atoms with van der Waals surface area (Å²) < 4.78 is 0. The van der Waals surface area contributed by atoms with Gasteiger partial charge in [-0.05, 0) is 51.8 Å². The summed E-state index contributed by atoms with van der Waals surface area (Å²) in [6, 6.07) is 5.04. The lowest BCUT2D eigenvalue weighted by Gasteiger charge is -2.34. The van der Waals surface area contributed by atoms with Crippen LogP contribution in [-0.4, -0.2) is 30.7 Å². The third-order valence-electron chi connectivity index (χ3n) is 3.72. The number of hydrogen-bond acceptors (Lipinski definition) is 3. The average molecular weight is 247 g/mol. The molecule has 0 unspecified atom stereocenters. The number of nitrogens with zero attached hydrogens (tertiary/aromatic N) is 2. The van der Waals surface area contributed by atoms with Crippen LogP contribution in [0.1, 0.15) is 37.6 Å². The van der Waals surface area contributed by atoms with Crippen molar-refractivity contribution in [2.75, 3.05) is 24.5 Å². The van der Waals surface area contributed by atoms with Crippen LogP contribution in [0.4, 0.5) is 5.69 Å². The van der Waals surface area contributed by atoms with Crippen molar-refractivity contribution >= 4 is 5.69 Å². The molecular formula is C15H25N3. The van der Waals surface area contributed by atoms with E-state index in [1.165, 1.54) is 24.9 Å². The molecule has 1 saturated heterocycles. The molecule has 1 aliphatic rings. The van der Waals surface area contributed by atoms with Gasteiger partial charge in [-0.2, -0.15) is 0 Å². The number of anilines is 1. The van der Waals surface area contributed by atoms with E-state index in [1.807, 2.05) is 0 Å². The van der Waals surface area contributed by atoms with Crippen LogP contribution in [-0.2, 0) is 0 Å². The average Bonchev–Trinajstić information content (AvgIpc) is 2.37. The van der Waals surface area contributed by atoms with E-state index in [0.29, 0.717) is 6.04 Å². The molecule has 18 heavy (non-hydrogen) atoms. The Hall–Kier alpha value is -1.09. The quantitative estimate of drug-likeness (QED) is 0.886. The Morgan fingerprint density at radius 1 is 1.28 bits per heavy atom. The lowest BCUT2D eigenvalue weighted by Crippen LogP contribution is -2.43. The zero-order valence-electron chi connectivity index (χ0n) is 11.9. The van der Waals surface area contributed by atoms with Crippen LogP contribution in [0.3, 0.4) is 0 Å². The number of hydrogen-bond donors (Lipinski definition) is 1. The number of rotatable bonds is 4. The van der Waals surface area contributed by atoms with E-state index < -0.39 is 0 Å². The van der Waals surface area contributed by atoms with E-state index in [2.05, 4.69) is 48.1 Å². The molecule has 1 fully saturated rings. The summed E-state index contributed by atoms with van der Waals surface area (Å²) in [5, 5.41) is 3.62. The van der Waals surface area contributed by atoms with Gasteiger partial charge in [-0.1, -0.05) is 6.92 Å². The van der Waals surface area contributed by atoms with Gasteiger partial charge in [0, 0.05) is 24.8 Å². The fourth-order valence-electron chi connectivity index (χ4n) is 2.69. The van der Waals surface area contributed by atoms with Crippen molar-refractivity contribution < 1.29 is 0 Å². The highest BCUT2D eigenvalue weighted by Gasteiger charge is 2.19. The second-order valence-corrected chi connectivity index (χ2v) is 5.27. The van der Waals surface area contributed by atoms with E-state index in [1.54, 1.807) is 0 Å². The Bertz CT molecular complexity index is 381. The van der Waals surface area contributed by atoms with E-state index in [-0.39, 0.29) is 0 Å². The second-order valence-electron chi connectivity index (χ2n) is 5.27. The Balaban J connectivity index is 1.93. The number of aromatic nitrogens is 1. The van der Waals surface area contributed by atoms with Crippen LogP contribution in [0.15, 0.2) is 12.1 Å². The summed E-state index contributed by atoms with van der Waals surface area (Å²) in [5.74, 6) is 0. The second kappa shape index (κ2) is 6.19. The van der Waals surface area contributed by atoms with E-state index in [4.69, 9.17) is 0 Å². The Morgan fingerprint density at radius 2 is 2.00 bits per heavy atom. The summed E-state index contributed by atoms with van der Waals surface area (Å²) in [7, 11) is 0. The maximum absolute atomic E-state index is 4.56. The van der Waals surface area contributed by atoms with Gasteiger partial charge in [0.2, 0.25) is 0 Å². The largest absolute Gasteiger partial charge is 0.370 e. The van der Waals surface area contributed by atoms with Crippen LogP contribution in [0.5, 0.6) is 0 Å². The third-order valence-corrected chi connectivity index (χ3v) is 3.72. The van der Waals surface area contributed by atoms with Gasteiger partial charge in [0.1, 0.15) is 0 Å². The molecule has 0 bridgehead atoms. The van der Waals surface area contributed by atoms with Crippen LogP contribution in [0, 0.1) is 13.8 Å². The summed E-state index contributed by atoms with van der Waals surface area (Å²) in [6.07, 6.45) is 3.71. The number of nitrogens with one attached hydrogen (secondary N) is 1. The van der Waals surface area contributed by atoms with Crippen LogP contribution >= 0.6 is 0 Å². The molecule has 3 heteroatoms. The van der Waals surface area contributed by atoms with Gasteiger partial charge >= 0.3 is 0 Å². The molecule has 0 saturated carbocycles. The predicted molar refractivity (Wildman–Crippen MR) is 77.2 cm³/mol. The summed E-state index contributed by atoms with van der Waals surface area (Å²) in [5.41, 5.74) is 3.58. The van der Waals surface area contributed by atoms with Gasteiger partial charge in [0.05, 0.1) is 11.4 Å². The molecule has 1 aromatic rings. The molecule has 0 spiro atoms. The zero-order chi connectivity index (χ0) is 13.0. The smallest absolute Gasteiger partial charge is 0.0608 e. The maximum atomic E-state index is 4.56. The molecular weight excluding hydrogens is 222 g/mol. The van der Waals surface area contributed by atoms with E-state index >= 15 is 0 Å². The molecule has 2 heterocycles. The molecule has 1 aromatic heterocycles. The molecule has 1 aliphatic heterocycles. The van der Waals surface area contributed by atoms with Crippen molar-refractivity contribution in [1.29, 1.82) is 0 Å². The normalized spacial score (nSPS) is 17.2. The summed E-state index contributed by atoms with van der Waals surface area (Å²) >= 11 is 0. The van der Waals surface area contributed by atoms with Gasteiger partial charge in [-0.25, -0.2) is 0 Å². The van der Waals surface area contributed by atoms with Crippen molar-refractivity contribution in [3.05, 3.63) is 23.5 Å². The first-order valence-electron chi connectivity index (χ1n) is 7.13. The Kier molecular flexibility index (Phi) is 4.59. The van der Waals surface area contributed by atoms with Crippen LogP contribution in [0.25, 0.3) is 0 Å². The molecule has 3 nitrogen and oxygen atoms in total. The fraction of sp³-hybridized carbons (Fsp3) is 0.667. The number of piperidine rings is 1. The Labute approximate surface area is 111 Å². The first-order chi connectivity index (χ1) is 8.70. The predicted octanol–water partition coefficient (Wildman–Crippen LogP) is 2.67. The van der Waals surface area contributed by atoms with Crippen molar-refractivity contribution in [3.8, 4) is 0 Å². The fourth-order valence-corrected chi connectivity index (χ4v) is 2.69. The van der Waals surface area contributed by atoms with E-state index in [0.717, 1.165) is 31.0 Å². The first-order valence-corrected chi connectivity index (χ1v) is 7.13. The molecule has 0 radical (unpaired) electrons. The molecule has 0 amide bonds. The molecule has 2 rings (SSSR count). The van der Waals surface area contributed by atoms with Gasteiger partial charge < -0.3 is 10.2 Å². The molecule has 0 aliphatic carbocycles. The molecule has 0 atom stereocenters. The van der Waals surface area contributed by atoms with E-state index in [9.17, 15) is 0 Å². The highest BCUT2D eigenvalue weighted by molar-refractivity contribution is 5.51. The summed E-state index contributed by atoms with van der Waals surface area (Å²) in [4.78, 5) is 7.04. The standard InChI is InChI=1S/C15H25N3/c1-4-9-16-14-7-10-18(11-8-14)15-6-5-12(2)17-13(15)3/h5-6,14,16H,4,7-11H2,1-3H3. The minimum absolute atomic E-state index is 0.708. The van der Waals surface area contributed by atoms with Gasteiger partial charge in [0.25, 0.3) is 0 Å². The van der Waals surface area contributed by atoms with Gasteiger partial charge in [-0.15, -0.1) is 0 Å². The highest BCUT2D eigenvalue weighted by Crippen LogP contribution is 2.22. The van der Waals surface area contributed by atoms with Crippen molar-refractivity contribution in [2.24, 2.45) is 0 Å². The molecule has 100 valence electrons. The lowest BCUT2D eigenvalue weighted by atomic mass is 10.0. The molecule has 0 aromatic carbocycles. The van der Waals surface area contributed by atoms with Crippen molar-refractivity contribution in [3.63, 3.8) is 0 Å². The van der Waals surface area contributed by atoms with Crippen LogP contribution in [0.2, 0.25) is 0 Å². The van der Waals surface area contributed by atoms with Crippen LogP contribution < -0.4 is 10.2 Å². The minimum atomic E-state index is 0.708. The monoisotopic (exact) mass is 247 g/mol.